The third kappa shape index (κ3) is 3.26. The second-order valence-corrected chi connectivity index (χ2v) is 6.47. The fourth-order valence-corrected chi connectivity index (χ4v) is 3.40. The van der Waals surface area contributed by atoms with Crippen LogP contribution < -0.4 is 0 Å². The van der Waals surface area contributed by atoms with E-state index < -0.39 is 0 Å². The first-order chi connectivity index (χ1) is 10.1. The summed E-state index contributed by atoms with van der Waals surface area (Å²) in [7, 11) is 0. The number of nitrogens with zero attached hydrogens (tertiary/aromatic N) is 2. The van der Waals surface area contributed by atoms with Crippen LogP contribution in [0.5, 0.6) is 0 Å². The maximum Gasteiger partial charge on any atom is 0.142 e. The van der Waals surface area contributed by atoms with Crippen LogP contribution in [0.2, 0.25) is 10.3 Å². The molecule has 0 atom stereocenters. The van der Waals surface area contributed by atoms with Crippen LogP contribution in [0.15, 0.2) is 41.8 Å². The van der Waals surface area contributed by atoms with E-state index in [4.69, 9.17) is 23.2 Å². The van der Waals surface area contributed by atoms with Crippen molar-refractivity contribution in [2.24, 2.45) is 0 Å². The number of halogens is 2. The van der Waals surface area contributed by atoms with Gasteiger partial charge in [-0.25, -0.2) is 9.97 Å². The lowest BCUT2D eigenvalue weighted by Crippen LogP contribution is -1.99. The lowest BCUT2D eigenvalue weighted by Gasteiger charge is -2.08. The molecular weight excluding hydrogens is 323 g/mol. The number of hydrogen-bond acceptors (Lipinski definition) is 3. The van der Waals surface area contributed by atoms with Gasteiger partial charge < -0.3 is 0 Å². The van der Waals surface area contributed by atoms with Crippen LogP contribution in [0.4, 0.5) is 0 Å². The minimum absolute atomic E-state index is 0.394. The van der Waals surface area contributed by atoms with E-state index in [1.165, 1.54) is 10.4 Å². The quantitative estimate of drug-likeness (QED) is 0.598. The highest BCUT2D eigenvalue weighted by atomic mass is 35.5. The first-order valence-corrected chi connectivity index (χ1v) is 8.08. The summed E-state index contributed by atoms with van der Waals surface area (Å²) in [4.78, 5) is 9.95. The minimum Gasteiger partial charge on any atom is -0.220 e. The van der Waals surface area contributed by atoms with Crippen molar-refractivity contribution in [2.75, 3.05) is 0 Å². The van der Waals surface area contributed by atoms with Crippen LogP contribution in [0.1, 0.15) is 16.3 Å². The fourth-order valence-electron chi connectivity index (χ4n) is 2.06. The van der Waals surface area contributed by atoms with Crippen LogP contribution in [0.3, 0.4) is 0 Å². The Bertz CT molecular complexity index is 729. The molecule has 0 aliphatic carbocycles. The Morgan fingerprint density at radius 3 is 2.24 bits per heavy atom. The first-order valence-electron chi connectivity index (χ1n) is 6.45. The molecule has 2 nitrogen and oxygen atoms in total. The highest BCUT2D eigenvalue weighted by Crippen LogP contribution is 2.32. The summed E-state index contributed by atoms with van der Waals surface area (Å²) in [5, 5.41) is 2.81. The maximum absolute atomic E-state index is 6.32. The molecule has 2 aromatic heterocycles. The van der Waals surface area contributed by atoms with Gasteiger partial charge in [-0.15, -0.1) is 11.3 Å². The minimum atomic E-state index is 0.394. The molecule has 3 aromatic rings. The third-order valence-electron chi connectivity index (χ3n) is 3.12. The molecular formula is C16H12Cl2N2S. The van der Waals surface area contributed by atoms with E-state index >= 15 is 0 Å². The number of rotatable bonds is 3. The van der Waals surface area contributed by atoms with Crippen LogP contribution in [0, 0.1) is 6.92 Å². The molecule has 2 heterocycles. The number of benzene rings is 1. The van der Waals surface area contributed by atoms with E-state index in [1.54, 1.807) is 11.3 Å². The van der Waals surface area contributed by atoms with Gasteiger partial charge in [0, 0.05) is 11.3 Å². The van der Waals surface area contributed by atoms with Crippen molar-refractivity contribution in [3.05, 3.63) is 68.3 Å². The largest absolute Gasteiger partial charge is 0.220 e. The van der Waals surface area contributed by atoms with Crippen LogP contribution in [0.25, 0.3) is 11.1 Å². The molecule has 1 aromatic carbocycles. The van der Waals surface area contributed by atoms with E-state index in [0.717, 1.165) is 5.56 Å². The number of thiophene rings is 1. The van der Waals surface area contributed by atoms with Gasteiger partial charge in [0.25, 0.3) is 0 Å². The summed E-state index contributed by atoms with van der Waals surface area (Å²) in [6.45, 7) is 2.04. The van der Waals surface area contributed by atoms with Crippen molar-refractivity contribution in [1.82, 2.24) is 9.97 Å². The van der Waals surface area contributed by atoms with Crippen molar-refractivity contribution in [2.45, 2.75) is 13.3 Å². The molecule has 3 rings (SSSR count). The Labute approximate surface area is 137 Å². The summed E-state index contributed by atoms with van der Waals surface area (Å²) >= 11 is 14.3. The Morgan fingerprint density at radius 2 is 1.67 bits per heavy atom. The van der Waals surface area contributed by atoms with Gasteiger partial charge in [0.15, 0.2) is 0 Å². The zero-order chi connectivity index (χ0) is 14.8. The molecule has 0 saturated heterocycles. The Kier molecular flexibility index (Phi) is 4.24. The van der Waals surface area contributed by atoms with Crippen molar-refractivity contribution in [3.8, 4) is 11.1 Å². The molecule has 0 bridgehead atoms. The van der Waals surface area contributed by atoms with E-state index in [9.17, 15) is 0 Å². The van der Waals surface area contributed by atoms with E-state index in [1.807, 2.05) is 48.7 Å². The summed E-state index contributed by atoms with van der Waals surface area (Å²) in [5.74, 6) is 0.642. The van der Waals surface area contributed by atoms with Crippen molar-refractivity contribution < 1.29 is 0 Å². The SMILES string of the molecule is Cc1ccc(-c2c(Cl)nc(Cc3cccs3)nc2Cl)cc1. The van der Waals surface area contributed by atoms with Crippen LogP contribution in [-0.2, 0) is 6.42 Å². The molecule has 0 aliphatic rings. The molecule has 0 saturated carbocycles. The monoisotopic (exact) mass is 334 g/mol. The lowest BCUT2D eigenvalue weighted by molar-refractivity contribution is 0.983. The van der Waals surface area contributed by atoms with E-state index in [-0.39, 0.29) is 0 Å². The highest BCUT2D eigenvalue weighted by Gasteiger charge is 2.14. The van der Waals surface area contributed by atoms with Gasteiger partial charge in [0.2, 0.25) is 0 Å². The van der Waals surface area contributed by atoms with E-state index in [0.29, 0.717) is 28.1 Å². The average molecular weight is 335 g/mol. The van der Waals surface area contributed by atoms with Crippen LogP contribution >= 0.6 is 34.5 Å². The Balaban J connectivity index is 1.98. The number of hydrogen-bond donors (Lipinski definition) is 0. The predicted molar refractivity (Wildman–Crippen MR) is 89.4 cm³/mol. The van der Waals surface area contributed by atoms with Crippen molar-refractivity contribution >= 4 is 34.5 Å². The Hall–Kier alpha value is -1.42. The van der Waals surface area contributed by atoms with Gasteiger partial charge in [-0.2, -0.15) is 0 Å². The maximum atomic E-state index is 6.32. The molecule has 0 fully saturated rings. The van der Waals surface area contributed by atoms with Gasteiger partial charge in [-0.05, 0) is 23.9 Å². The van der Waals surface area contributed by atoms with Gasteiger partial charge in [-0.3, -0.25) is 0 Å². The molecule has 21 heavy (non-hydrogen) atoms. The molecule has 5 heteroatoms. The first kappa shape index (κ1) is 14.5. The highest BCUT2D eigenvalue weighted by molar-refractivity contribution is 7.09. The molecule has 0 N–H and O–H groups in total. The molecule has 0 amide bonds. The van der Waals surface area contributed by atoms with Crippen LogP contribution in [-0.4, -0.2) is 9.97 Å². The zero-order valence-corrected chi connectivity index (χ0v) is 13.6. The van der Waals surface area contributed by atoms with Gasteiger partial charge >= 0.3 is 0 Å². The third-order valence-corrected chi connectivity index (χ3v) is 4.54. The molecule has 0 aliphatic heterocycles. The fraction of sp³-hybridized carbons (Fsp3) is 0.125. The normalized spacial score (nSPS) is 10.8. The van der Waals surface area contributed by atoms with Gasteiger partial charge in [-0.1, -0.05) is 59.1 Å². The van der Waals surface area contributed by atoms with Gasteiger partial charge in [0.05, 0.1) is 5.56 Å². The standard InChI is InChI=1S/C16H12Cl2N2S/c1-10-4-6-11(7-5-10)14-15(17)19-13(20-16(14)18)9-12-3-2-8-21-12/h2-8H,9H2,1H3. The molecule has 106 valence electrons. The second kappa shape index (κ2) is 6.14. The van der Waals surface area contributed by atoms with Crippen molar-refractivity contribution in [3.63, 3.8) is 0 Å². The summed E-state index contributed by atoms with van der Waals surface area (Å²) in [6.07, 6.45) is 0.644. The van der Waals surface area contributed by atoms with Crippen molar-refractivity contribution in [1.29, 1.82) is 0 Å². The summed E-state index contributed by atoms with van der Waals surface area (Å²) in [5.41, 5.74) is 2.80. The smallest absolute Gasteiger partial charge is 0.142 e. The van der Waals surface area contributed by atoms with E-state index in [2.05, 4.69) is 9.97 Å². The summed E-state index contributed by atoms with van der Waals surface area (Å²) in [6, 6.07) is 12.0. The molecule has 0 spiro atoms. The zero-order valence-electron chi connectivity index (χ0n) is 11.3. The second-order valence-electron chi connectivity index (χ2n) is 4.72. The Morgan fingerprint density at radius 1 is 1.00 bits per heavy atom. The summed E-state index contributed by atoms with van der Waals surface area (Å²) < 4.78 is 0. The predicted octanol–water partition coefficient (Wildman–Crippen LogP) is 5.41. The molecule has 0 radical (unpaired) electrons. The average Bonchev–Trinajstić information content (AvgIpc) is 2.93. The van der Waals surface area contributed by atoms with Gasteiger partial charge in [0.1, 0.15) is 16.1 Å². The topological polar surface area (TPSA) is 25.8 Å². The number of aromatic nitrogens is 2. The number of aryl methyl sites for hydroxylation is 1. The lowest BCUT2D eigenvalue weighted by atomic mass is 10.1. The molecule has 0 unspecified atom stereocenters.